The van der Waals surface area contributed by atoms with E-state index in [9.17, 15) is 4.79 Å². The summed E-state index contributed by atoms with van der Waals surface area (Å²) >= 11 is 0. The van der Waals surface area contributed by atoms with Gasteiger partial charge in [0.05, 0.1) is 6.42 Å². The Morgan fingerprint density at radius 1 is 1.32 bits per heavy atom. The van der Waals surface area contributed by atoms with Gasteiger partial charge in [0.25, 0.3) is 0 Å². The summed E-state index contributed by atoms with van der Waals surface area (Å²) in [7, 11) is 0. The normalized spacial score (nSPS) is 14.9. The highest BCUT2D eigenvalue weighted by Crippen LogP contribution is 2.35. The number of hydrogen-bond acceptors (Lipinski definition) is 2. The van der Waals surface area contributed by atoms with E-state index >= 15 is 0 Å². The lowest BCUT2D eigenvalue weighted by Crippen LogP contribution is -2.14. The minimum Gasteiger partial charge on any atom is -0.361 e. The Labute approximate surface area is 128 Å². The van der Waals surface area contributed by atoms with E-state index in [0.29, 0.717) is 18.2 Å². The van der Waals surface area contributed by atoms with Gasteiger partial charge in [-0.25, -0.2) is 0 Å². The molecule has 0 unspecified atom stereocenters. The van der Waals surface area contributed by atoms with Gasteiger partial charge in [0.2, 0.25) is 5.91 Å². The Bertz CT molecular complexity index is 813. The molecule has 1 aliphatic rings. The average molecular weight is 294 g/mol. The molecule has 4 rings (SSSR count). The number of carbonyl (C=O) groups excluding carboxylic acids is 1. The van der Waals surface area contributed by atoms with E-state index in [0.717, 1.165) is 22.2 Å². The average Bonchev–Trinajstić information content (AvgIpc) is 3.05. The van der Waals surface area contributed by atoms with E-state index < -0.39 is 0 Å². The molecule has 1 saturated carbocycles. The van der Waals surface area contributed by atoms with Crippen LogP contribution in [0.5, 0.6) is 0 Å². The number of aromatic nitrogens is 3. The first-order valence-corrected chi connectivity index (χ1v) is 7.70. The van der Waals surface area contributed by atoms with Gasteiger partial charge in [0.15, 0.2) is 5.82 Å². The monoisotopic (exact) mass is 294 g/mol. The Morgan fingerprint density at radius 2 is 2.18 bits per heavy atom. The lowest BCUT2D eigenvalue weighted by molar-refractivity contribution is -0.115. The summed E-state index contributed by atoms with van der Waals surface area (Å²) in [4.78, 5) is 15.4. The van der Waals surface area contributed by atoms with Gasteiger partial charge in [0, 0.05) is 34.8 Å². The van der Waals surface area contributed by atoms with Crippen molar-refractivity contribution >= 4 is 22.6 Å². The van der Waals surface area contributed by atoms with Crippen molar-refractivity contribution < 1.29 is 4.79 Å². The first-order chi connectivity index (χ1) is 10.8. The number of anilines is 1. The van der Waals surface area contributed by atoms with Gasteiger partial charge in [0.1, 0.15) is 0 Å². The maximum atomic E-state index is 12.2. The van der Waals surface area contributed by atoms with Crippen molar-refractivity contribution in [2.24, 2.45) is 0 Å². The zero-order valence-electron chi connectivity index (χ0n) is 12.2. The summed E-state index contributed by atoms with van der Waals surface area (Å²) < 4.78 is 0. The molecule has 0 aliphatic heterocycles. The van der Waals surface area contributed by atoms with E-state index in [1.165, 1.54) is 19.3 Å². The molecule has 2 heterocycles. The molecular weight excluding hydrogens is 276 g/mol. The summed E-state index contributed by atoms with van der Waals surface area (Å²) in [6.45, 7) is 0. The van der Waals surface area contributed by atoms with Crippen LogP contribution in [0.15, 0.2) is 36.5 Å². The van der Waals surface area contributed by atoms with Crippen LogP contribution < -0.4 is 5.32 Å². The second kappa shape index (κ2) is 5.33. The van der Waals surface area contributed by atoms with Crippen LogP contribution in [0, 0.1) is 0 Å². The van der Waals surface area contributed by atoms with Crippen LogP contribution >= 0.6 is 0 Å². The number of carbonyl (C=O) groups is 1. The van der Waals surface area contributed by atoms with Gasteiger partial charge < -0.3 is 10.3 Å². The first kappa shape index (κ1) is 13.1. The topological polar surface area (TPSA) is 73.6 Å². The maximum Gasteiger partial charge on any atom is 0.230 e. The molecule has 0 spiro atoms. The standard InChI is InChI=1S/C17H18N4O/c22-17(8-12-10-18-14-7-2-1-6-13(12)14)19-16-9-15(20-21-16)11-4-3-5-11/h1-2,6-7,9-11,18H,3-5,8H2,(H2,19,20,21,22). The zero-order chi connectivity index (χ0) is 14.9. The fourth-order valence-corrected chi connectivity index (χ4v) is 2.97. The Hall–Kier alpha value is -2.56. The van der Waals surface area contributed by atoms with Crippen LogP contribution in [-0.4, -0.2) is 21.1 Å². The van der Waals surface area contributed by atoms with Gasteiger partial charge in [-0.1, -0.05) is 24.6 Å². The number of fused-ring (bicyclic) bond motifs is 1. The predicted octanol–water partition coefficient (Wildman–Crippen LogP) is 3.34. The molecule has 1 amide bonds. The van der Waals surface area contributed by atoms with Gasteiger partial charge in [-0.2, -0.15) is 5.10 Å². The number of H-pyrrole nitrogens is 2. The molecule has 3 aromatic rings. The quantitative estimate of drug-likeness (QED) is 0.690. The van der Waals surface area contributed by atoms with Crippen LogP contribution in [-0.2, 0) is 11.2 Å². The second-order valence-corrected chi connectivity index (χ2v) is 5.92. The molecule has 1 fully saturated rings. The number of amides is 1. The first-order valence-electron chi connectivity index (χ1n) is 7.70. The van der Waals surface area contributed by atoms with Gasteiger partial charge in [-0.15, -0.1) is 0 Å². The molecule has 0 bridgehead atoms. The maximum absolute atomic E-state index is 12.2. The third kappa shape index (κ3) is 2.39. The van der Waals surface area contributed by atoms with E-state index in [2.05, 4.69) is 20.5 Å². The summed E-state index contributed by atoms with van der Waals surface area (Å²) in [5.74, 6) is 1.16. The predicted molar refractivity (Wildman–Crippen MR) is 85.8 cm³/mol. The summed E-state index contributed by atoms with van der Waals surface area (Å²) in [5.41, 5.74) is 3.19. The number of para-hydroxylation sites is 1. The number of aromatic amines is 2. The number of benzene rings is 1. The number of nitrogens with zero attached hydrogens (tertiary/aromatic N) is 1. The van der Waals surface area contributed by atoms with Crippen LogP contribution in [0.1, 0.15) is 36.4 Å². The van der Waals surface area contributed by atoms with Crippen LogP contribution in [0.25, 0.3) is 10.9 Å². The lowest BCUT2D eigenvalue weighted by Gasteiger charge is -2.23. The Morgan fingerprint density at radius 3 is 3.00 bits per heavy atom. The molecule has 22 heavy (non-hydrogen) atoms. The number of rotatable bonds is 4. The number of hydrogen-bond donors (Lipinski definition) is 3. The van der Waals surface area contributed by atoms with Crippen LogP contribution in [0.3, 0.4) is 0 Å². The molecule has 5 nitrogen and oxygen atoms in total. The van der Waals surface area contributed by atoms with Crippen molar-refractivity contribution in [2.45, 2.75) is 31.6 Å². The van der Waals surface area contributed by atoms with Gasteiger partial charge >= 0.3 is 0 Å². The third-order valence-electron chi connectivity index (χ3n) is 4.44. The fraction of sp³-hybridized carbons (Fsp3) is 0.294. The van der Waals surface area contributed by atoms with E-state index in [1.807, 2.05) is 36.5 Å². The molecular formula is C17H18N4O. The van der Waals surface area contributed by atoms with Crippen LogP contribution in [0.4, 0.5) is 5.82 Å². The van der Waals surface area contributed by atoms with Crippen molar-refractivity contribution in [1.29, 1.82) is 0 Å². The van der Waals surface area contributed by atoms with Crippen molar-refractivity contribution in [1.82, 2.24) is 15.2 Å². The molecule has 1 aromatic carbocycles. The second-order valence-electron chi connectivity index (χ2n) is 5.92. The molecule has 1 aliphatic carbocycles. The molecule has 5 heteroatoms. The zero-order valence-corrected chi connectivity index (χ0v) is 12.2. The third-order valence-corrected chi connectivity index (χ3v) is 4.44. The largest absolute Gasteiger partial charge is 0.361 e. The van der Waals surface area contributed by atoms with Crippen molar-refractivity contribution in [3.8, 4) is 0 Å². The van der Waals surface area contributed by atoms with E-state index in [1.54, 1.807) is 0 Å². The minimum absolute atomic E-state index is 0.0450. The molecule has 0 atom stereocenters. The summed E-state index contributed by atoms with van der Waals surface area (Å²) in [5, 5.41) is 11.2. The summed E-state index contributed by atoms with van der Waals surface area (Å²) in [6.07, 6.45) is 5.95. The smallest absolute Gasteiger partial charge is 0.230 e. The van der Waals surface area contributed by atoms with Gasteiger partial charge in [-0.05, 0) is 24.5 Å². The number of nitrogens with one attached hydrogen (secondary N) is 3. The van der Waals surface area contributed by atoms with E-state index in [-0.39, 0.29) is 5.91 Å². The molecule has 0 radical (unpaired) electrons. The van der Waals surface area contributed by atoms with Crippen LogP contribution in [0.2, 0.25) is 0 Å². The highest BCUT2D eigenvalue weighted by molar-refractivity contribution is 5.95. The summed E-state index contributed by atoms with van der Waals surface area (Å²) in [6, 6.07) is 9.95. The Kier molecular flexibility index (Phi) is 3.18. The minimum atomic E-state index is -0.0450. The van der Waals surface area contributed by atoms with Gasteiger partial charge in [-0.3, -0.25) is 9.89 Å². The highest BCUT2D eigenvalue weighted by atomic mass is 16.1. The molecule has 0 saturated heterocycles. The van der Waals surface area contributed by atoms with Crippen molar-refractivity contribution in [3.05, 3.63) is 47.8 Å². The Balaban J connectivity index is 1.44. The molecule has 2 aromatic heterocycles. The molecule has 112 valence electrons. The van der Waals surface area contributed by atoms with Crippen molar-refractivity contribution in [2.75, 3.05) is 5.32 Å². The lowest BCUT2D eigenvalue weighted by atomic mass is 9.83. The fourth-order valence-electron chi connectivity index (χ4n) is 2.97. The van der Waals surface area contributed by atoms with E-state index in [4.69, 9.17) is 0 Å². The SMILES string of the molecule is O=C(Cc1c[nH]c2ccccc12)Nc1cc(C2CCC2)[nH]n1. The molecule has 3 N–H and O–H groups in total. The van der Waals surface area contributed by atoms with Crippen molar-refractivity contribution in [3.63, 3.8) is 0 Å². The highest BCUT2D eigenvalue weighted by Gasteiger charge is 2.21.